The minimum absolute atomic E-state index is 0.0227. The van der Waals surface area contributed by atoms with Gasteiger partial charge in [-0.1, -0.05) is 428 Å². The van der Waals surface area contributed by atoms with Crippen LogP contribution in [0, 0.1) is 0 Å². The number of benzene rings is 18. The summed E-state index contributed by atoms with van der Waals surface area (Å²) in [7, 11) is 0. The second kappa shape index (κ2) is 35.3. The van der Waals surface area contributed by atoms with E-state index in [1.54, 1.807) is 0 Å². The highest BCUT2D eigenvalue weighted by Crippen LogP contribution is 2.52. The van der Waals surface area contributed by atoms with E-state index >= 15 is 0 Å². The minimum Gasteiger partial charge on any atom is -0.208 e. The molecule has 0 bridgehead atoms. The van der Waals surface area contributed by atoms with Crippen molar-refractivity contribution in [2.45, 2.75) is 38.5 Å². The van der Waals surface area contributed by atoms with Crippen molar-refractivity contribution in [1.29, 1.82) is 0 Å². The Kier molecular flexibility index (Phi) is 21.8. The molecule has 0 unspecified atom stereocenters. The Morgan fingerprint density at radius 1 is 0.150 bits per heavy atom. The molecule has 4 aromatic heterocycles. The number of rotatable bonds is 15. The fraction of sp³-hybridized carbons (Fsp3) is 0.0488. The molecule has 0 saturated carbocycles. The standard InChI is InChI=1S/2C42H31N3.C39H25N3S/c1-42(2)37-22-10-9-21-35(37)36-24-23-33(27-38(36)42)31-18-11-17-30(25-31)32-19-12-20-34(26-32)41-44-39(28-13-5-3-6-14-28)43-40(45-41)29-15-7-4-8-16-29;1-42(2)37-19-10-9-18-35(37)36-25-24-34(27-38(36)42)33-17-11-16-32(26-33)28-20-22-31(23-21-28)41-44-39(29-12-5-3-6-13-29)43-40(45-41)30-14-7-4-8-15-30;1-3-12-26(13-4-1)37-40-38(27-14-5-2-6-15-27)42-39(41-37)31-19-10-17-29(25-31)28-16-9-18-30(24-28)32-21-11-23-35-36(32)33-20-7-8-22-34(33)43-35/h2*3-27H,1-2H3;1-25H. The molecule has 0 atom stereocenters. The predicted octanol–water partition coefficient (Wildman–Crippen LogP) is 31.6. The van der Waals surface area contributed by atoms with Gasteiger partial charge in [-0.05, 0) is 166 Å². The van der Waals surface area contributed by atoms with Crippen LogP contribution in [0.3, 0.4) is 0 Å². The molecule has 9 nitrogen and oxygen atoms in total. The molecule has 0 amide bonds. The van der Waals surface area contributed by atoms with Gasteiger partial charge in [0.05, 0.1) is 0 Å². The van der Waals surface area contributed by atoms with Crippen LogP contribution in [0.15, 0.2) is 455 Å². The van der Waals surface area contributed by atoms with Crippen molar-refractivity contribution in [1.82, 2.24) is 44.9 Å². The summed E-state index contributed by atoms with van der Waals surface area (Å²) in [5.41, 5.74) is 33.7. The molecule has 133 heavy (non-hydrogen) atoms. The highest BCUT2D eigenvalue weighted by atomic mass is 32.1. The third-order valence-electron chi connectivity index (χ3n) is 25.6. The van der Waals surface area contributed by atoms with Crippen molar-refractivity contribution in [3.8, 4) is 192 Å². The molecule has 18 aromatic carbocycles. The molecule has 0 radical (unpaired) electrons. The van der Waals surface area contributed by atoms with Crippen LogP contribution in [0.1, 0.15) is 49.9 Å². The van der Waals surface area contributed by atoms with Gasteiger partial charge in [0.2, 0.25) is 0 Å². The molecule has 0 fully saturated rings. The number of hydrogen-bond acceptors (Lipinski definition) is 10. The van der Waals surface area contributed by atoms with Gasteiger partial charge in [0.1, 0.15) is 0 Å². The van der Waals surface area contributed by atoms with Gasteiger partial charge >= 0.3 is 0 Å². The molecule has 10 heteroatoms. The molecule has 24 rings (SSSR count). The maximum absolute atomic E-state index is 4.94. The van der Waals surface area contributed by atoms with E-state index < -0.39 is 0 Å². The maximum atomic E-state index is 4.94. The number of thiophene rings is 1. The highest BCUT2D eigenvalue weighted by molar-refractivity contribution is 7.26. The van der Waals surface area contributed by atoms with E-state index in [-0.39, 0.29) is 10.8 Å². The summed E-state index contributed by atoms with van der Waals surface area (Å²) in [5.74, 6) is 5.93. The van der Waals surface area contributed by atoms with Crippen LogP contribution >= 0.6 is 11.3 Å². The number of fused-ring (bicyclic) bond motifs is 9. The summed E-state index contributed by atoms with van der Waals surface area (Å²) >= 11 is 1.85. The van der Waals surface area contributed by atoms with Gasteiger partial charge in [0.25, 0.3) is 0 Å². The molecule has 0 spiro atoms. The van der Waals surface area contributed by atoms with Crippen LogP contribution in [0.4, 0.5) is 0 Å². The van der Waals surface area contributed by atoms with Crippen LogP contribution in [0.5, 0.6) is 0 Å². The number of aromatic nitrogens is 9. The zero-order valence-corrected chi connectivity index (χ0v) is 74.6. The summed E-state index contributed by atoms with van der Waals surface area (Å²) < 4.78 is 2.63. The van der Waals surface area contributed by atoms with Gasteiger partial charge in [-0.25, -0.2) is 44.9 Å². The molecule has 0 aliphatic heterocycles. The quantitative estimate of drug-likeness (QED) is 0.0989. The van der Waals surface area contributed by atoms with Crippen molar-refractivity contribution in [2.24, 2.45) is 0 Å². The first-order valence-corrected chi connectivity index (χ1v) is 45.8. The lowest BCUT2D eigenvalue weighted by atomic mass is 9.81. The first kappa shape index (κ1) is 81.9. The zero-order valence-electron chi connectivity index (χ0n) is 73.7. The van der Waals surface area contributed by atoms with Crippen LogP contribution in [0.25, 0.3) is 212 Å². The Morgan fingerprint density at radius 3 is 0.729 bits per heavy atom. The van der Waals surface area contributed by atoms with Gasteiger partial charge in [-0.15, -0.1) is 11.3 Å². The molecular formula is C123H87N9S. The molecule has 4 heterocycles. The van der Waals surface area contributed by atoms with Gasteiger partial charge in [0.15, 0.2) is 52.4 Å². The fourth-order valence-electron chi connectivity index (χ4n) is 18.7. The third kappa shape index (κ3) is 16.4. The van der Waals surface area contributed by atoms with E-state index in [1.807, 2.05) is 193 Å². The second-order valence-electron chi connectivity index (χ2n) is 34.7. The van der Waals surface area contributed by atoms with Crippen molar-refractivity contribution in [2.75, 3.05) is 0 Å². The van der Waals surface area contributed by atoms with E-state index in [0.717, 1.165) is 77.9 Å². The summed E-state index contributed by atoms with van der Waals surface area (Å²) in [5, 5.41) is 2.63. The topological polar surface area (TPSA) is 116 Å². The smallest absolute Gasteiger partial charge is 0.164 e. The summed E-state index contributed by atoms with van der Waals surface area (Å²) in [4.78, 5) is 44.0. The lowest BCUT2D eigenvalue weighted by Gasteiger charge is -2.22. The molecule has 630 valence electrons. The monoisotopic (exact) mass is 1720 g/mol. The van der Waals surface area contributed by atoms with Crippen molar-refractivity contribution < 1.29 is 0 Å². The Morgan fingerprint density at radius 2 is 0.368 bits per heavy atom. The largest absolute Gasteiger partial charge is 0.208 e. The number of nitrogens with zero attached hydrogens (tertiary/aromatic N) is 9. The van der Waals surface area contributed by atoms with Crippen LogP contribution in [-0.4, -0.2) is 44.9 Å². The predicted molar refractivity (Wildman–Crippen MR) is 549 cm³/mol. The maximum Gasteiger partial charge on any atom is 0.164 e. The van der Waals surface area contributed by atoms with Gasteiger partial charge in [-0.2, -0.15) is 0 Å². The molecular weight excluding hydrogens is 1640 g/mol. The van der Waals surface area contributed by atoms with Crippen LogP contribution in [0.2, 0.25) is 0 Å². The highest BCUT2D eigenvalue weighted by Gasteiger charge is 2.37. The van der Waals surface area contributed by atoms with E-state index in [1.165, 1.54) is 104 Å². The molecule has 0 saturated heterocycles. The van der Waals surface area contributed by atoms with E-state index in [2.05, 4.69) is 301 Å². The average molecular weight is 1720 g/mol. The lowest BCUT2D eigenvalue weighted by Crippen LogP contribution is -2.14. The van der Waals surface area contributed by atoms with Gasteiger partial charge in [0, 0.05) is 81.1 Å². The minimum atomic E-state index is -0.0321. The first-order chi connectivity index (χ1) is 65.4. The Labute approximate surface area is 778 Å². The average Bonchev–Trinajstić information content (AvgIpc) is 1.58. The molecule has 2 aliphatic carbocycles. The summed E-state index contributed by atoms with van der Waals surface area (Å²) in [6, 6.07) is 159. The summed E-state index contributed by atoms with van der Waals surface area (Å²) in [6.07, 6.45) is 0. The normalized spacial score (nSPS) is 12.3. The van der Waals surface area contributed by atoms with Crippen LogP contribution in [-0.2, 0) is 10.8 Å². The Bertz CT molecular complexity index is 7930. The van der Waals surface area contributed by atoms with E-state index in [4.69, 9.17) is 44.9 Å². The lowest BCUT2D eigenvalue weighted by molar-refractivity contribution is 0.660. The third-order valence-corrected chi connectivity index (χ3v) is 26.8. The Hall–Kier alpha value is -16.8. The first-order valence-electron chi connectivity index (χ1n) is 45.0. The molecule has 22 aromatic rings. The second-order valence-corrected chi connectivity index (χ2v) is 35.8. The van der Waals surface area contributed by atoms with E-state index in [9.17, 15) is 0 Å². The van der Waals surface area contributed by atoms with Crippen molar-refractivity contribution >= 4 is 31.5 Å². The zero-order chi connectivity index (χ0) is 89.4. The number of hydrogen-bond donors (Lipinski definition) is 0. The van der Waals surface area contributed by atoms with Gasteiger partial charge in [-0.3, -0.25) is 0 Å². The van der Waals surface area contributed by atoms with Crippen LogP contribution < -0.4 is 0 Å². The SMILES string of the molecule is CC1(C)c2ccccc2-c2ccc(-c3cccc(-c4ccc(-c5nc(-c6ccccc6)nc(-c6ccccc6)n5)cc4)c3)cc21.CC1(C)c2ccccc2-c2ccc(-c3cccc(-c4cccc(-c5nc(-c6ccccc6)nc(-c6ccccc6)n5)c4)c3)cc21.c1ccc(-c2nc(-c3ccccc3)nc(-c3cccc(-c4cccc(-c5cccc6sc7ccccc7c56)c4)c3)n2)cc1. The summed E-state index contributed by atoms with van der Waals surface area (Å²) in [6.45, 7) is 9.32. The molecule has 0 N–H and O–H groups in total. The Balaban J connectivity index is 0.000000116. The molecule has 2 aliphatic rings. The van der Waals surface area contributed by atoms with Crippen molar-refractivity contribution in [3.05, 3.63) is 477 Å². The fourth-order valence-corrected chi connectivity index (χ4v) is 19.8. The van der Waals surface area contributed by atoms with Crippen molar-refractivity contribution in [3.63, 3.8) is 0 Å². The van der Waals surface area contributed by atoms with E-state index in [0.29, 0.717) is 52.4 Å². The van der Waals surface area contributed by atoms with Gasteiger partial charge < -0.3 is 0 Å².